The quantitative estimate of drug-likeness (QED) is 0.502. The third kappa shape index (κ3) is 4.57. The molecule has 0 atom stereocenters. The Hall–Kier alpha value is -3.46. The number of anilines is 1. The SMILES string of the molecule is CCOc1cc(C(=O)OCC(=O)Nc2cc3c(cc2C(C)=O)OCO3)cc(Cl)c1O. The van der Waals surface area contributed by atoms with Crippen LogP contribution in [0.5, 0.6) is 23.0 Å². The van der Waals surface area contributed by atoms with Crippen LogP contribution in [0, 0.1) is 0 Å². The molecule has 2 aromatic rings. The first-order valence-electron chi connectivity index (χ1n) is 8.87. The molecule has 0 radical (unpaired) electrons. The number of esters is 1. The maximum absolute atomic E-state index is 12.3. The number of hydrogen-bond donors (Lipinski definition) is 2. The van der Waals surface area contributed by atoms with Crippen LogP contribution in [0.4, 0.5) is 5.69 Å². The lowest BCUT2D eigenvalue weighted by atomic mass is 10.1. The van der Waals surface area contributed by atoms with Gasteiger partial charge in [-0.25, -0.2) is 4.79 Å². The predicted molar refractivity (Wildman–Crippen MR) is 106 cm³/mol. The molecular weight excluding hydrogens is 418 g/mol. The monoisotopic (exact) mass is 435 g/mol. The van der Waals surface area contributed by atoms with Crippen molar-refractivity contribution in [2.45, 2.75) is 13.8 Å². The van der Waals surface area contributed by atoms with Gasteiger partial charge in [0.1, 0.15) is 0 Å². The number of hydrogen-bond acceptors (Lipinski definition) is 8. The number of fused-ring (bicyclic) bond motifs is 1. The predicted octanol–water partition coefficient (Wildman–Crippen LogP) is 3.17. The van der Waals surface area contributed by atoms with Crippen LogP contribution in [0.15, 0.2) is 24.3 Å². The number of benzene rings is 2. The Morgan fingerprint density at radius 1 is 1.17 bits per heavy atom. The van der Waals surface area contributed by atoms with Gasteiger partial charge in [-0.3, -0.25) is 9.59 Å². The van der Waals surface area contributed by atoms with Crippen molar-refractivity contribution in [3.8, 4) is 23.0 Å². The standard InChI is InChI=1S/C20H18ClNO8/c1-3-27-17-5-11(4-13(21)19(17)25)20(26)28-8-18(24)22-14-7-16-15(29-9-30-16)6-12(14)10(2)23/h4-7,25H,3,8-9H2,1-2H3,(H,22,24). The Morgan fingerprint density at radius 2 is 1.87 bits per heavy atom. The molecule has 1 amide bonds. The molecule has 30 heavy (non-hydrogen) atoms. The number of aromatic hydroxyl groups is 1. The number of Topliss-reactive ketones (excluding diaryl/α,β-unsaturated/α-hetero) is 1. The molecule has 0 saturated carbocycles. The van der Waals surface area contributed by atoms with Gasteiger partial charge in [-0.15, -0.1) is 0 Å². The lowest BCUT2D eigenvalue weighted by molar-refractivity contribution is -0.119. The van der Waals surface area contributed by atoms with Crippen LogP contribution in [0.1, 0.15) is 34.6 Å². The number of rotatable bonds is 7. The lowest BCUT2D eigenvalue weighted by Crippen LogP contribution is -2.22. The molecular formula is C20H18ClNO8. The van der Waals surface area contributed by atoms with Gasteiger partial charge in [-0.1, -0.05) is 11.6 Å². The largest absolute Gasteiger partial charge is 0.503 e. The summed E-state index contributed by atoms with van der Waals surface area (Å²) in [6.45, 7) is 2.69. The van der Waals surface area contributed by atoms with Crippen LogP contribution >= 0.6 is 11.6 Å². The molecule has 1 aliphatic heterocycles. The topological polar surface area (TPSA) is 120 Å². The van der Waals surface area contributed by atoms with Crippen molar-refractivity contribution in [1.29, 1.82) is 0 Å². The fourth-order valence-corrected chi connectivity index (χ4v) is 2.91. The van der Waals surface area contributed by atoms with Crippen LogP contribution in [0.3, 0.4) is 0 Å². The fraction of sp³-hybridized carbons (Fsp3) is 0.250. The summed E-state index contributed by atoms with van der Waals surface area (Å²) in [5.41, 5.74) is 0.436. The first-order valence-corrected chi connectivity index (χ1v) is 9.24. The molecule has 0 fully saturated rings. The van der Waals surface area contributed by atoms with E-state index in [2.05, 4.69) is 5.32 Å². The molecule has 0 unspecified atom stereocenters. The van der Waals surface area contributed by atoms with E-state index in [9.17, 15) is 19.5 Å². The second-order valence-electron chi connectivity index (χ2n) is 6.17. The van der Waals surface area contributed by atoms with Gasteiger partial charge in [0, 0.05) is 11.6 Å². The van der Waals surface area contributed by atoms with Crippen molar-refractivity contribution in [3.63, 3.8) is 0 Å². The number of nitrogens with one attached hydrogen (secondary N) is 1. The Morgan fingerprint density at radius 3 is 2.53 bits per heavy atom. The van der Waals surface area contributed by atoms with Crippen LogP contribution in [0.25, 0.3) is 0 Å². The Balaban J connectivity index is 1.68. The molecule has 1 aliphatic rings. The van der Waals surface area contributed by atoms with E-state index in [0.717, 1.165) is 0 Å². The first kappa shape index (κ1) is 21.3. The summed E-state index contributed by atoms with van der Waals surface area (Å²) in [4.78, 5) is 36.4. The highest BCUT2D eigenvalue weighted by atomic mass is 35.5. The summed E-state index contributed by atoms with van der Waals surface area (Å²) in [6, 6.07) is 5.40. The van der Waals surface area contributed by atoms with Crippen molar-refractivity contribution in [2.24, 2.45) is 0 Å². The summed E-state index contributed by atoms with van der Waals surface area (Å²) in [5.74, 6) is -1.29. The molecule has 158 valence electrons. The van der Waals surface area contributed by atoms with Crippen LogP contribution in [-0.4, -0.2) is 42.8 Å². The molecule has 9 nitrogen and oxygen atoms in total. The van der Waals surface area contributed by atoms with Crippen molar-refractivity contribution in [3.05, 3.63) is 40.4 Å². The molecule has 3 rings (SSSR count). The summed E-state index contributed by atoms with van der Waals surface area (Å²) < 4.78 is 20.7. The maximum atomic E-state index is 12.3. The number of ether oxygens (including phenoxy) is 4. The van der Waals surface area contributed by atoms with Crippen molar-refractivity contribution in [2.75, 3.05) is 25.3 Å². The van der Waals surface area contributed by atoms with Gasteiger partial charge in [-0.05, 0) is 32.0 Å². The molecule has 2 N–H and O–H groups in total. The molecule has 0 bridgehead atoms. The fourth-order valence-electron chi connectivity index (χ4n) is 2.69. The van der Waals surface area contributed by atoms with Gasteiger partial charge in [0.05, 0.1) is 22.9 Å². The van der Waals surface area contributed by atoms with E-state index in [1.807, 2.05) is 0 Å². The van der Waals surface area contributed by atoms with Crippen molar-refractivity contribution < 1.29 is 38.4 Å². The number of halogens is 1. The van der Waals surface area contributed by atoms with Gasteiger partial charge >= 0.3 is 5.97 Å². The van der Waals surface area contributed by atoms with Crippen LogP contribution < -0.4 is 19.5 Å². The van der Waals surface area contributed by atoms with E-state index in [-0.39, 0.29) is 52.5 Å². The number of phenolic OH excluding ortho intramolecular Hbond substituents is 1. The van der Waals surface area contributed by atoms with E-state index in [4.69, 9.17) is 30.5 Å². The van der Waals surface area contributed by atoms with Crippen LogP contribution in [0.2, 0.25) is 5.02 Å². The molecule has 0 aliphatic carbocycles. The second-order valence-corrected chi connectivity index (χ2v) is 6.58. The molecule has 0 saturated heterocycles. The minimum Gasteiger partial charge on any atom is -0.503 e. The van der Waals surface area contributed by atoms with Crippen molar-refractivity contribution >= 4 is 34.9 Å². The van der Waals surface area contributed by atoms with E-state index in [0.29, 0.717) is 11.5 Å². The Kier molecular flexibility index (Phi) is 6.31. The van der Waals surface area contributed by atoms with Gasteiger partial charge in [0.15, 0.2) is 35.4 Å². The zero-order valence-corrected chi connectivity index (χ0v) is 16.9. The molecule has 1 heterocycles. The third-order valence-corrected chi connectivity index (χ3v) is 4.35. The third-order valence-electron chi connectivity index (χ3n) is 4.06. The molecule has 0 aromatic heterocycles. The van der Waals surface area contributed by atoms with Crippen LogP contribution in [-0.2, 0) is 9.53 Å². The smallest absolute Gasteiger partial charge is 0.338 e. The number of phenols is 1. The van der Waals surface area contributed by atoms with E-state index in [1.54, 1.807) is 6.92 Å². The number of ketones is 1. The van der Waals surface area contributed by atoms with Gasteiger partial charge in [0.25, 0.3) is 5.91 Å². The highest BCUT2D eigenvalue weighted by molar-refractivity contribution is 6.32. The average Bonchev–Trinajstić information content (AvgIpc) is 3.16. The zero-order valence-electron chi connectivity index (χ0n) is 16.1. The number of amides is 1. The minimum absolute atomic E-state index is 0.00144. The Labute approximate surface area is 176 Å². The van der Waals surface area contributed by atoms with Gasteiger partial charge in [0.2, 0.25) is 6.79 Å². The van der Waals surface area contributed by atoms with Crippen molar-refractivity contribution in [1.82, 2.24) is 0 Å². The molecule has 2 aromatic carbocycles. The molecule has 0 spiro atoms. The zero-order chi connectivity index (χ0) is 21.8. The van der Waals surface area contributed by atoms with Gasteiger partial charge < -0.3 is 29.4 Å². The van der Waals surface area contributed by atoms with E-state index < -0.39 is 18.5 Å². The lowest BCUT2D eigenvalue weighted by Gasteiger charge is -2.12. The number of carbonyl (C=O) groups is 3. The highest BCUT2D eigenvalue weighted by Crippen LogP contribution is 2.37. The van der Waals surface area contributed by atoms with E-state index in [1.165, 1.54) is 31.2 Å². The normalized spacial score (nSPS) is 11.7. The minimum atomic E-state index is -0.842. The highest BCUT2D eigenvalue weighted by Gasteiger charge is 2.21. The average molecular weight is 436 g/mol. The summed E-state index contributed by atoms with van der Waals surface area (Å²) >= 11 is 5.89. The maximum Gasteiger partial charge on any atom is 0.338 e. The Bertz CT molecular complexity index is 1020. The second kappa shape index (κ2) is 8.91. The first-order chi connectivity index (χ1) is 14.3. The summed E-state index contributed by atoms with van der Waals surface area (Å²) in [6.07, 6.45) is 0. The van der Waals surface area contributed by atoms with Gasteiger partial charge in [-0.2, -0.15) is 0 Å². The summed E-state index contributed by atoms with van der Waals surface area (Å²) in [5, 5.41) is 12.3. The summed E-state index contributed by atoms with van der Waals surface area (Å²) in [7, 11) is 0. The molecule has 10 heteroatoms. The van der Waals surface area contributed by atoms with E-state index >= 15 is 0 Å². The number of carbonyl (C=O) groups excluding carboxylic acids is 3.